The molecule has 0 aliphatic carbocycles. The molecule has 1 fully saturated rings. The molecule has 1 aliphatic rings. The molecular formula is C38H44N10O7. The maximum Gasteiger partial charge on any atom is 0.407 e. The molecule has 0 radical (unpaired) electrons. The van der Waals surface area contributed by atoms with E-state index in [2.05, 4.69) is 57.2 Å². The predicted octanol–water partition coefficient (Wildman–Crippen LogP) is 2.84. The molecule has 55 heavy (non-hydrogen) atoms. The average molecular weight is 753 g/mol. The number of benzene rings is 2. The van der Waals surface area contributed by atoms with Crippen molar-refractivity contribution in [3.8, 4) is 34.4 Å². The second kappa shape index (κ2) is 18.8. The Kier molecular flexibility index (Phi) is 13.4. The minimum atomic E-state index is -0.711. The van der Waals surface area contributed by atoms with Gasteiger partial charge in [0.1, 0.15) is 30.8 Å². The van der Waals surface area contributed by atoms with E-state index >= 15 is 0 Å². The zero-order chi connectivity index (χ0) is 39.3. The zero-order valence-corrected chi connectivity index (χ0v) is 31.1. The average Bonchev–Trinajstić information content (AvgIpc) is 3.91. The smallest absolute Gasteiger partial charge is 0.407 e. The van der Waals surface area contributed by atoms with Gasteiger partial charge in [0.15, 0.2) is 0 Å². The van der Waals surface area contributed by atoms with E-state index in [-0.39, 0.29) is 50.6 Å². The summed E-state index contributed by atoms with van der Waals surface area (Å²) in [5.41, 5.74) is 4.92. The first-order valence-electron chi connectivity index (χ1n) is 17.6. The van der Waals surface area contributed by atoms with E-state index < -0.39 is 18.2 Å². The van der Waals surface area contributed by atoms with E-state index in [0.29, 0.717) is 24.7 Å². The largest absolute Gasteiger partial charge is 0.453 e. The van der Waals surface area contributed by atoms with Crippen LogP contribution in [0, 0.1) is 11.8 Å². The summed E-state index contributed by atoms with van der Waals surface area (Å²) in [5, 5.41) is 7.47. The van der Waals surface area contributed by atoms with Crippen molar-refractivity contribution >= 4 is 30.0 Å². The minimum absolute atomic E-state index is 0.163. The molecule has 0 bridgehead atoms. The van der Waals surface area contributed by atoms with Crippen LogP contribution in [-0.2, 0) is 25.6 Å². The quantitative estimate of drug-likeness (QED) is 0.143. The number of methoxy groups -OCH3 is 2. The van der Waals surface area contributed by atoms with Gasteiger partial charge in [-0.2, -0.15) is 0 Å². The van der Waals surface area contributed by atoms with Gasteiger partial charge in [-0.15, -0.1) is 0 Å². The molecule has 0 spiro atoms. The number of piperazine rings is 1. The number of carbonyl (C=O) groups excluding carboxylic acids is 5. The molecule has 17 heteroatoms. The van der Waals surface area contributed by atoms with Crippen molar-refractivity contribution in [2.45, 2.75) is 25.9 Å². The van der Waals surface area contributed by atoms with Crippen molar-refractivity contribution in [1.82, 2.24) is 50.6 Å². The summed E-state index contributed by atoms with van der Waals surface area (Å²) in [5.74, 6) is 6.95. The first kappa shape index (κ1) is 39.4. The number of rotatable bonds is 11. The Morgan fingerprint density at radius 3 is 2.00 bits per heavy atom. The fraction of sp³-hybridized carbons (Fsp3) is 0.342. The van der Waals surface area contributed by atoms with Gasteiger partial charge in [-0.1, -0.05) is 43.0 Å². The highest BCUT2D eigenvalue weighted by molar-refractivity contribution is 5.83. The third kappa shape index (κ3) is 10.4. The molecular weight excluding hydrogens is 708 g/mol. The molecule has 2 aromatic heterocycles. The van der Waals surface area contributed by atoms with Crippen LogP contribution in [0.2, 0.25) is 0 Å². The number of H-pyrrole nitrogens is 2. The first-order valence-corrected chi connectivity index (χ1v) is 17.6. The van der Waals surface area contributed by atoms with Crippen molar-refractivity contribution in [3.63, 3.8) is 0 Å². The Labute approximate surface area is 318 Å². The van der Waals surface area contributed by atoms with Crippen LogP contribution in [0.25, 0.3) is 22.5 Å². The molecule has 5 rings (SSSR count). The maximum absolute atomic E-state index is 13.1. The highest BCUT2D eigenvalue weighted by atomic mass is 16.5. The Morgan fingerprint density at radius 1 is 0.836 bits per heavy atom. The minimum Gasteiger partial charge on any atom is -0.453 e. The maximum atomic E-state index is 13.1. The molecule has 288 valence electrons. The van der Waals surface area contributed by atoms with E-state index in [1.807, 2.05) is 55.5 Å². The number of ether oxygens (including phenoxy) is 2. The van der Waals surface area contributed by atoms with E-state index in [1.54, 1.807) is 34.1 Å². The molecule has 0 saturated carbocycles. The number of hydrogen-bond donors (Lipinski definition) is 5. The number of carbonyl (C=O) groups is 5. The molecule has 3 heterocycles. The normalized spacial score (nSPS) is 13.6. The molecule has 1 saturated heterocycles. The van der Waals surface area contributed by atoms with Gasteiger partial charge in [-0.25, -0.2) is 24.4 Å². The van der Waals surface area contributed by atoms with Crippen LogP contribution >= 0.6 is 0 Å². The van der Waals surface area contributed by atoms with Crippen LogP contribution in [0.3, 0.4) is 0 Å². The second-order valence-electron chi connectivity index (χ2n) is 12.4. The van der Waals surface area contributed by atoms with Crippen molar-refractivity contribution < 1.29 is 33.4 Å². The molecule has 4 aromatic rings. The molecule has 1 atom stereocenters. The summed E-state index contributed by atoms with van der Waals surface area (Å²) in [6.07, 6.45) is 2.78. The van der Waals surface area contributed by atoms with Crippen LogP contribution in [0.5, 0.6) is 0 Å². The number of alkyl carbamates (subject to hydrolysis) is 2. The Balaban J connectivity index is 1.21. The summed E-state index contributed by atoms with van der Waals surface area (Å²) in [4.78, 5) is 81.5. The summed E-state index contributed by atoms with van der Waals surface area (Å²) in [6, 6.07) is 14.6. The lowest BCUT2D eigenvalue weighted by atomic mass is 10.1. The number of urea groups is 1. The van der Waals surface area contributed by atoms with Crippen LogP contribution in [-0.4, -0.2) is 125 Å². The highest BCUT2D eigenvalue weighted by Gasteiger charge is 2.35. The van der Waals surface area contributed by atoms with Crippen molar-refractivity contribution in [1.29, 1.82) is 0 Å². The molecule has 2 aromatic carbocycles. The van der Waals surface area contributed by atoms with Gasteiger partial charge in [0.05, 0.1) is 51.1 Å². The molecule has 5 N–H and O–H groups in total. The standard InChI is InChI=1S/C38H44N10O7/c1-5-16-46(33(49)21-42-37(52)54-3)24-32-40-19-29(44-32)27-12-8-25(9-13-27)6-7-26-10-14-28(15-11-26)30-20-41-35(45-30)31-23-47(36(51)39-2)17-18-48(31)34(50)22-43-38(53)55-4/h8-15,19-20,31H,5,16-18,21-24H2,1-4H3,(H,39,51)(H,40,44)(H,41,45)(H,42,52)(H,43,53)/t31-/m0/s1. The van der Waals surface area contributed by atoms with E-state index in [0.717, 1.165) is 40.1 Å². The van der Waals surface area contributed by atoms with Gasteiger partial charge in [-0.05, 0) is 41.8 Å². The van der Waals surface area contributed by atoms with Gasteiger partial charge >= 0.3 is 18.2 Å². The predicted molar refractivity (Wildman–Crippen MR) is 201 cm³/mol. The van der Waals surface area contributed by atoms with Gasteiger partial charge < -0.3 is 50.1 Å². The third-order valence-corrected chi connectivity index (χ3v) is 8.81. The van der Waals surface area contributed by atoms with Crippen LogP contribution < -0.4 is 16.0 Å². The number of hydrogen-bond acceptors (Lipinski definition) is 9. The topological polar surface area (TPSA) is 207 Å². The lowest BCUT2D eigenvalue weighted by Crippen LogP contribution is -2.55. The number of aromatic amines is 2. The van der Waals surface area contributed by atoms with Crippen LogP contribution in [0.15, 0.2) is 60.9 Å². The van der Waals surface area contributed by atoms with Crippen molar-refractivity contribution in [3.05, 3.63) is 83.7 Å². The lowest BCUT2D eigenvalue weighted by Gasteiger charge is -2.40. The Bertz CT molecular complexity index is 2030. The summed E-state index contributed by atoms with van der Waals surface area (Å²) < 4.78 is 9.13. The molecule has 6 amide bonds. The fourth-order valence-electron chi connectivity index (χ4n) is 5.91. The number of aromatic nitrogens is 4. The lowest BCUT2D eigenvalue weighted by molar-refractivity contribution is -0.135. The monoisotopic (exact) mass is 752 g/mol. The zero-order valence-electron chi connectivity index (χ0n) is 31.1. The van der Waals surface area contributed by atoms with E-state index in [1.165, 1.54) is 14.2 Å². The first-order chi connectivity index (χ1) is 26.6. The second-order valence-corrected chi connectivity index (χ2v) is 12.4. The number of nitrogens with one attached hydrogen (secondary N) is 5. The van der Waals surface area contributed by atoms with Crippen LogP contribution in [0.4, 0.5) is 14.4 Å². The molecule has 17 nitrogen and oxygen atoms in total. The molecule has 1 aliphatic heterocycles. The van der Waals surface area contributed by atoms with Crippen molar-refractivity contribution in [2.75, 3.05) is 60.5 Å². The molecule has 0 unspecified atom stereocenters. The summed E-state index contributed by atoms with van der Waals surface area (Å²) in [6.45, 7) is 3.15. The van der Waals surface area contributed by atoms with Gasteiger partial charge in [-0.3, -0.25) is 9.59 Å². The fourth-order valence-corrected chi connectivity index (χ4v) is 5.91. The summed E-state index contributed by atoms with van der Waals surface area (Å²) >= 11 is 0. The summed E-state index contributed by atoms with van der Waals surface area (Å²) in [7, 11) is 4.02. The van der Waals surface area contributed by atoms with Gasteiger partial charge in [0.2, 0.25) is 11.8 Å². The van der Waals surface area contributed by atoms with E-state index in [9.17, 15) is 24.0 Å². The number of imidazole rings is 2. The Morgan fingerprint density at radius 2 is 1.42 bits per heavy atom. The van der Waals surface area contributed by atoms with E-state index in [4.69, 9.17) is 0 Å². The Hall–Kier alpha value is -6.83. The SMILES string of the molecule is CCCN(Cc1ncc(-c2ccc(C#Cc3ccc(-c4cnc([C@@H]5CN(C(=O)NC)CCN5C(=O)CNC(=O)OC)[nH]4)cc3)cc2)[nH]1)C(=O)CNC(=O)OC. The number of amides is 6. The van der Waals surface area contributed by atoms with Crippen molar-refractivity contribution in [2.24, 2.45) is 0 Å². The van der Waals surface area contributed by atoms with Gasteiger partial charge in [0.25, 0.3) is 0 Å². The highest BCUT2D eigenvalue weighted by Crippen LogP contribution is 2.27. The van der Waals surface area contributed by atoms with Gasteiger partial charge in [0, 0.05) is 37.8 Å². The third-order valence-electron chi connectivity index (χ3n) is 8.81. The number of nitrogens with zero attached hydrogens (tertiary/aromatic N) is 5. The van der Waals surface area contributed by atoms with Crippen LogP contribution in [0.1, 0.15) is 42.2 Å².